The van der Waals surface area contributed by atoms with Crippen LogP contribution in [-0.4, -0.2) is 18.2 Å². The zero-order valence-corrected chi connectivity index (χ0v) is 15.0. The quantitative estimate of drug-likeness (QED) is 0.650. The average molecular weight is 331 g/mol. The molecule has 0 atom stereocenters. The zero-order chi connectivity index (χ0) is 15.3. The van der Waals surface area contributed by atoms with E-state index in [1.165, 1.54) is 37.1 Å². The summed E-state index contributed by atoms with van der Waals surface area (Å²) in [5.41, 5.74) is 1.04. The molecule has 0 saturated heterocycles. The summed E-state index contributed by atoms with van der Waals surface area (Å²) in [6.07, 6.45) is 6.58. The first-order valence-electron chi connectivity index (χ1n) is 7.84. The van der Waals surface area contributed by atoms with Crippen molar-refractivity contribution in [3.63, 3.8) is 0 Å². The van der Waals surface area contributed by atoms with E-state index in [2.05, 4.69) is 6.92 Å². The Labute approximate surface area is 131 Å². The van der Waals surface area contributed by atoms with Crippen LogP contribution in [0.3, 0.4) is 0 Å². The monoisotopic (exact) mass is 331 g/mol. The highest BCUT2D eigenvalue weighted by molar-refractivity contribution is 7.53. The van der Waals surface area contributed by atoms with Crippen LogP contribution in [0.4, 0.5) is 0 Å². The van der Waals surface area contributed by atoms with E-state index >= 15 is 0 Å². The van der Waals surface area contributed by atoms with Crippen molar-refractivity contribution in [2.24, 2.45) is 0 Å². The number of aromatic nitrogens is 1. The van der Waals surface area contributed by atoms with Crippen molar-refractivity contribution >= 4 is 18.9 Å². The lowest BCUT2D eigenvalue weighted by molar-refractivity contribution is 0.219. The molecule has 21 heavy (non-hydrogen) atoms. The third kappa shape index (κ3) is 4.38. The second-order valence-corrected chi connectivity index (χ2v) is 8.78. The number of hydrogen-bond acceptors (Lipinski definition) is 5. The second-order valence-electron chi connectivity index (χ2n) is 5.87. The van der Waals surface area contributed by atoms with Gasteiger partial charge in [-0.2, -0.15) is 0 Å². The van der Waals surface area contributed by atoms with E-state index in [0.29, 0.717) is 13.2 Å². The predicted octanol–water partition coefficient (Wildman–Crippen LogP) is 5.13. The fourth-order valence-electron chi connectivity index (χ4n) is 2.92. The Hall–Kier alpha value is -0.220. The Bertz CT molecular complexity index is 487. The molecular weight excluding hydrogens is 305 g/mol. The van der Waals surface area contributed by atoms with Crippen molar-refractivity contribution in [1.29, 1.82) is 0 Å². The Morgan fingerprint density at radius 1 is 1.24 bits per heavy atom. The van der Waals surface area contributed by atoms with Gasteiger partial charge in [0, 0.05) is 10.8 Å². The van der Waals surface area contributed by atoms with Gasteiger partial charge in [-0.1, -0.05) is 26.2 Å². The van der Waals surface area contributed by atoms with Gasteiger partial charge in [0.25, 0.3) is 0 Å². The van der Waals surface area contributed by atoms with Crippen molar-refractivity contribution < 1.29 is 13.6 Å². The van der Waals surface area contributed by atoms with E-state index in [0.717, 1.165) is 5.69 Å². The van der Waals surface area contributed by atoms with Crippen LogP contribution < -0.4 is 0 Å². The topological polar surface area (TPSA) is 48.4 Å². The first-order chi connectivity index (χ1) is 10.0. The fourth-order valence-corrected chi connectivity index (χ4v) is 5.69. The molecule has 1 saturated carbocycles. The molecule has 1 fully saturated rings. The molecule has 0 amide bonds. The maximum atomic E-state index is 12.6. The lowest BCUT2D eigenvalue weighted by Gasteiger charge is -2.31. The zero-order valence-electron chi connectivity index (χ0n) is 13.3. The van der Waals surface area contributed by atoms with Crippen LogP contribution in [0.1, 0.15) is 63.6 Å². The molecule has 120 valence electrons. The third-order valence-electron chi connectivity index (χ3n) is 4.03. The van der Waals surface area contributed by atoms with Crippen molar-refractivity contribution in [1.82, 2.24) is 4.98 Å². The minimum Gasteiger partial charge on any atom is -0.309 e. The molecule has 0 radical (unpaired) electrons. The summed E-state index contributed by atoms with van der Waals surface area (Å²) >= 11 is 1.69. The fraction of sp³-hybridized carbons (Fsp3) is 0.800. The molecule has 1 aliphatic rings. The van der Waals surface area contributed by atoms with Gasteiger partial charge in [-0.3, -0.25) is 4.57 Å². The summed E-state index contributed by atoms with van der Waals surface area (Å²) in [7, 11) is -3.05. The Morgan fingerprint density at radius 3 is 2.43 bits per heavy atom. The average Bonchev–Trinajstić information content (AvgIpc) is 2.89. The summed E-state index contributed by atoms with van der Waals surface area (Å²) in [6.45, 7) is 6.76. The Morgan fingerprint density at radius 2 is 1.86 bits per heavy atom. The van der Waals surface area contributed by atoms with Crippen LogP contribution in [0.2, 0.25) is 0 Å². The van der Waals surface area contributed by atoms with Crippen LogP contribution in [0.5, 0.6) is 0 Å². The van der Waals surface area contributed by atoms with Gasteiger partial charge in [-0.05, 0) is 26.7 Å². The maximum Gasteiger partial charge on any atom is 0.336 e. The van der Waals surface area contributed by atoms with Gasteiger partial charge in [-0.15, -0.1) is 11.3 Å². The molecule has 4 nitrogen and oxygen atoms in total. The normalized spacial score (nSPS) is 18.8. The summed E-state index contributed by atoms with van der Waals surface area (Å²) in [4.78, 5) is 4.74. The summed E-state index contributed by atoms with van der Waals surface area (Å²) in [6, 6.07) is 0. The molecule has 1 aliphatic carbocycles. The van der Waals surface area contributed by atoms with Crippen molar-refractivity contribution in [3.8, 4) is 0 Å². The lowest BCUT2D eigenvalue weighted by atomic mass is 9.76. The molecule has 0 spiro atoms. The van der Waals surface area contributed by atoms with Crippen molar-refractivity contribution in [2.75, 3.05) is 13.2 Å². The smallest absolute Gasteiger partial charge is 0.309 e. The maximum absolute atomic E-state index is 12.6. The number of thiazole rings is 1. The SMILES string of the molecule is CCOP(=O)(Cc1csc(C2(C)CCCCC2)n1)OCC. The molecule has 0 N–H and O–H groups in total. The van der Waals surface area contributed by atoms with Gasteiger partial charge in [0.1, 0.15) is 0 Å². The molecular formula is C15H26NO3PS. The molecule has 2 rings (SSSR count). The molecule has 1 aromatic rings. The summed E-state index contributed by atoms with van der Waals surface area (Å²) in [5.74, 6) is 0. The molecule has 0 aliphatic heterocycles. The highest BCUT2D eigenvalue weighted by Gasteiger charge is 2.33. The molecule has 1 aromatic heterocycles. The Kier molecular flexibility index (Phi) is 6.01. The van der Waals surface area contributed by atoms with E-state index < -0.39 is 7.60 Å². The summed E-state index contributed by atoms with van der Waals surface area (Å²) < 4.78 is 23.3. The van der Waals surface area contributed by atoms with Crippen LogP contribution >= 0.6 is 18.9 Å². The largest absolute Gasteiger partial charge is 0.336 e. The van der Waals surface area contributed by atoms with Gasteiger partial charge >= 0.3 is 7.60 Å². The third-order valence-corrected chi connectivity index (χ3v) is 7.24. The molecule has 0 bridgehead atoms. The molecule has 0 unspecified atom stereocenters. The van der Waals surface area contributed by atoms with E-state index in [1.54, 1.807) is 11.3 Å². The molecule has 1 heterocycles. The second kappa shape index (κ2) is 7.36. The van der Waals surface area contributed by atoms with Crippen LogP contribution in [0.15, 0.2) is 5.38 Å². The first kappa shape index (κ1) is 17.1. The minimum absolute atomic E-state index is 0.197. The predicted molar refractivity (Wildman–Crippen MR) is 87.1 cm³/mol. The number of hydrogen-bond donors (Lipinski definition) is 0. The minimum atomic E-state index is -3.05. The van der Waals surface area contributed by atoms with E-state index in [-0.39, 0.29) is 11.6 Å². The van der Waals surface area contributed by atoms with Crippen LogP contribution in [0.25, 0.3) is 0 Å². The molecule has 0 aromatic carbocycles. The molecule has 6 heteroatoms. The van der Waals surface area contributed by atoms with Gasteiger partial charge in [0.05, 0.1) is 30.1 Å². The van der Waals surface area contributed by atoms with E-state index in [4.69, 9.17) is 14.0 Å². The van der Waals surface area contributed by atoms with E-state index in [1.807, 2.05) is 19.2 Å². The highest BCUT2D eigenvalue weighted by atomic mass is 32.1. The van der Waals surface area contributed by atoms with Crippen LogP contribution in [-0.2, 0) is 25.2 Å². The lowest BCUT2D eigenvalue weighted by Crippen LogP contribution is -2.24. The van der Waals surface area contributed by atoms with Crippen LogP contribution in [0, 0.1) is 0 Å². The standard InChI is InChI=1S/C15H26NO3PS/c1-4-18-20(17,19-5-2)11-13-12-21-14(16-13)15(3)9-7-6-8-10-15/h12H,4-11H2,1-3H3. The van der Waals surface area contributed by atoms with Gasteiger partial charge < -0.3 is 9.05 Å². The number of rotatable bonds is 7. The van der Waals surface area contributed by atoms with Crippen molar-refractivity contribution in [3.05, 3.63) is 16.1 Å². The summed E-state index contributed by atoms with van der Waals surface area (Å²) in [5, 5.41) is 3.19. The van der Waals surface area contributed by atoms with Crippen molar-refractivity contribution in [2.45, 2.75) is 64.5 Å². The van der Waals surface area contributed by atoms with Gasteiger partial charge in [0.2, 0.25) is 0 Å². The van der Waals surface area contributed by atoms with Gasteiger partial charge in [-0.25, -0.2) is 4.98 Å². The highest BCUT2D eigenvalue weighted by Crippen LogP contribution is 2.51. The number of nitrogens with zero attached hydrogens (tertiary/aromatic N) is 1. The van der Waals surface area contributed by atoms with E-state index in [9.17, 15) is 4.57 Å². The first-order valence-corrected chi connectivity index (χ1v) is 10.4. The Balaban J connectivity index is 2.10. The van der Waals surface area contributed by atoms with Gasteiger partial charge in [0.15, 0.2) is 0 Å².